The summed E-state index contributed by atoms with van der Waals surface area (Å²) in [6, 6.07) is 10.7. The summed E-state index contributed by atoms with van der Waals surface area (Å²) < 4.78 is 0. The van der Waals surface area contributed by atoms with Crippen molar-refractivity contribution in [3.05, 3.63) is 60.2 Å². The SMILES string of the molecule is Cl.c1ccc(CN2CCNCC2c2ccncc2)nc1. The molecule has 1 saturated heterocycles. The Morgan fingerprint density at radius 3 is 2.75 bits per heavy atom. The molecule has 1 aliphatic heterocycles. The minimum atomic E-state index is 0. The molecule has 20 heavy (non-hydrogen) atoms. The van der Waals surface area contributed by atoms with E-state index in [0.717, 1.165) is 31.9 Å². The van der Waals surface area contributed by atoms with Gasteiger partial charge in [-0.1, -0.05) is 6.07 Å². The first kappa shape index (κ1) is 14.9. The predicted octanol–water partition coefficient (Wildman–Crippen LogP) is 2.04. The highest BCUT2D eigenvalue weighted by atomic mass is 35.5. The lowest BCUT2D eigenvalue weighted by atomic mass is 10.0. The van der Waals surface area contributed by atoms with Gasteiger partial charge in [0.2, 0.25) is 0 Å². The minimum absolute atomic E-state index is 0. The largest absolute Gasteiger partial charge is 0.314 e. The molecule has 0 bridgehead atoms. The average molecular weight is 291 g/mol. The van der Waals surface area contributed by atoms with Crippen LogP contribution in [0.2, 0.25) is 0 Å². The Morgan fingerprint density at radius 1 is 1.15 bits per heavy atom. The number of nitrogens with one attached hydrogen (secondary N) is 1. The van der Waals surface area contributed by atoms with Crippen LogP contribution in [0.3, 0.4) is 0 Å². The summed E-state index contributed by atoms with van der Waals surface area (Å²) in [6.45, 7) is 3.96. The molecule has 2 aromatic heterocycles. The van der Waals surface area contributed by atoms with E-state index in [9.17, 15) is 0 Å². The molecular formula is C15H19ClN4. The normalized spacial score (nSPS) is 19.3. The van der Waals surface area contributed by atoms with Crippen LogP contribution in [-0.2, 0) is 6.54 Å². The van der Waals surface area contributed by atoms with Crippen molar-refractivity contribution in [2.24, 2.45) is 0 Å². The van der Waals surface area contributed by atoms with E-state index in [0.29, 0.717) is 6.04 Å². The fourth-order valence-electron chi connectivity index (χ4n) is 2.55. The highest BCUT2D eigenvalue weighted by molar-refractivity contribution is 5.85. The van der Waals surface area contributed by atoms with Gasteiger partial charge in [0.15, 0.2) is 0 Å². The molecule has 0 radical (unpaired) electrons. The van der Waals surface area contributed by atoms with Crippen molar-refractivity contribution in [1.82, 2.24) is 20.2 Å². The Hall–Kier alpha value is -1.49. The molecule has 1 unspecified atom stereocenters. The Morgan fingerprint density at radius 2 is 2.00 bits per heavy atom. The number of hydrogen-bond acceptors (Lipinski definition) is 4. The van der Waals surface area contributed by atoms with Crippen LogP contribution in [0.1, 0.15) is 17.3 Å². The number of pyridine rings is 2. The summed E-state index contributed by atoms with van der Waals surface area (Å²) in [6.07, 6.45) is 5.59. The molecule has 106 valence electrons. The van der Waals surface area contributed by atoms with Crippen molar-refractivity contribution < 1.29 is 0 Å². The van der Waals surface area contributed by atoms with E-state index in [4.69, 9.17) is 0 Å². The third kappa shape index (κ3) is 3.54. The van der Waals surface area contributed by atoms with Crippen molar-refractivity contribution in [1.29, 1.82) is 0 Å². The number of rotatable bonds is 3. The lowest BCUT2D eigenvalue weighted by Crippen LogP contribution is -2.45. The van der Waals surface area contributed by atoms with Gasteiger partial charge in [-0.3, -0.25) is 14.9 Å². The molecule has 5 heteroatoms. The van der Waals surface area contributed by atoms with E-state index in [1.165, 1.54) is 5.56 Å². The van der Waals surface area contributed by atoms with Gasteiger partial charge >= 0.3 is 0 Å². The minimum Gasteiger partial charge on any atom is -0.314 e. The van der Waals surface area contributed by atoms with Crippen molar-refractivity contribution >= 4 is 12.4 Å². The van der Waals surface area contributed by atoms with E-state index >= 15 is 0 Å². The summed E-state index contributed by atoms with van der Waals surface area (Å²) in [7, 11) is 0. The van der Waals surface area contributed by atoms with Gasteiger partial charge in [0.1, 0.15) is 0 Å². The quantitative estimate of drug-likeness (QED) is 0.939. The molecule has 1 atom stereocenters. The molecule has 0 spiro atoms. The predicted molar refractivity (Wildman–Crippen MR) is 81.7 cm³/mol. The standard InChI is InChI=1S/C15H18N4.ClH/c1-2-6-18-14(3-1)12-19-10-9-17-11-15(19)13-4-7-16-8-5-13;/h1-8,15,17H,9-12H2;1H. The van der Waals surface area contributed by atoms with Crippen LogP contribution in [0.15, 0.2) is 48.9 Å². The van der Waals surface area contributed by atoms with Crippen molar-refractivity contribution in [3.8, 4) is 0 Å². The first-order valence-corrected chi connectivity index (χ1v) is 6.68. The van der Waals surface area contributed by atoms with Crippen LogP contribution >= 0.6 is 12.4 Å². The molecule has 1 fully saturated rings. The summed E-state index contributed by atoms with van der Waals surface area (Å²) in [5.74, 6) is 0. The van der Waals surface area contributed by atoms with E-state index < -0.39 is 0 Å². The number of halogens is 1. The molecular weight excluding hydrogens is 272 g/mol. The zero-order valence-corrected chi connectivity index (χ0v) is 12.1. The third-order valence-corrected chi connectivity index (χ3v) is 3.54. The summed E-state index contributed by atoms with van der Waals surface area (Å²) in [4.78, 5) is 11.0. The van der Waals surface area contributed by atoms with Crippen molar-refractivity contribution in [2.75, 3.05) is 19.6 Å². The molecule has 0 aliphatic carbocycles. The summed E-state index contributed by atoms with van der Waals surface area (Å²) >= 11 is 0. The van der Waals surface area contributed by atoms with Gasteiger partial charge in [-0.15, -0.1) is 12.4 Å². The Labute approximate surface area is 125 Å². The van der Waals surface area contributed by atoms with Gasteiger partial charge in [0.25, 0.3) is 0 Å². The van der Waals surface area contributed by atoms with E-state index in [2.05, 4.69) is 38.4 Å². The van der Waals surface area contributed by atoms with Crippen LogP contribution < -0.4 is 5.32 Å². The van der Waals surface area contributed by atoms with Gasteiger partial charge in [-0.2, -0.15) is 0 Å². The second-order valence-electron chi connectivity index (χ2n) is 4.79. The van der Waals surface area contributed by atoms with Gasteiger partial charge in [-0.05, 0) is 29.8 Å². The fraction of sp³-hybridized carbons (Fsp3) is 0.333. The lowest BCUT2D eigenvalue weighted by molar-refractivity contribution is 0.152. The Balaban J connectivity index is 0.00000147. The van der Waals surface area contributed by atoms with Gasteiger partial charge in [-0.25, -0.2) is 0 Å². The van der Waals surface area contributed by atoms with Gasteiger partial charge in [0.05, 0.1) is 5.69 Å². The first-order valence-electron chi connectivity index (χ1n) is 6.68. The molecule has 0 amide bonds. The lowest BCUT2D eigenvalue weighted by Gasteiger charge is -2.36. The van der Waals surface area contributed by atoms with Crippen LogP contribution in [0.25, 0.3) is 0 Å². The van der Waals surface area contributed by atoms with Crippen molar-refractivity contribution in [2.45, 2.75) is 12.6 Å². The van der Waals surface area contributed by atoms with E-state index in [-0.39, 0.29) is 12.4 Å². The fourth-order valence-corrected chi connectivity index (χ4v) is 2.55. The van der Waals surface area contributed by atoms with Crippen LogP contribution in [0.4, 0.5) is 0 Å². The number of hydrogen-bond donors (Lipinski definition) is 1. The van der Waals surface area contributed by atoms with Crippen LogP contribution in [0, 0.1) is 0 Å². The van der Waals surface area contributed by atoms with Crippen LogP contribution in [-0.4, -0.2) is 34.5 Å². The zero-order chi connectivity index (χ0) is 12.9. The third-order valence-electron chi connectivity index (χ3n) is 3.54. The molecule has 3 rings (SSSR count). The van der Waals surface area contributed by atoms with Crippen molar-refractivity contribution in [3.63, 3.8) is 0 Å². The summed E-state index contributed by atoms with van der Waals surface area (Å²) in [5.41, 5.74) is 2.45. The van der Waals surface area contributed by atoms with Crippen LogP contribution in [0.5, 0.6) is 0 Å². The molecule has 2 aromatic rings. The first-order chi connectivity index (χ1) is 9.43. The van der Waals surface area contributed by atoms with Gasteiger partial charge < -0.3 is 5.32 Å². The average Bonchev–Trinajstić information content (AvgIpc) is 2.50. The molecule has 0 aromatic carbocycles. The highest BCUT2D eigenvalue weighted by Gasteiger charge is 2.23. The maximum atomic E-state index is 4.43. The maximum Gasteiger partial charge on any atom is 0.0544 e. The van der Waals surface area contributed by atoms with E-state index in [1.54, 1.807) is 0 Å². The maximum absolute atomic E-state index is 4.43. The monoisotopic (exact) mass is 290 g/mol. The highest BCUT2D eigenvalue weighted by Crippen LogP contribution is 2.22. The summed E-state index contributed by atoms with van der Waals surface area (Å²) in [5, 5.41) is 3.47. The Bertz CT molecular complexity index is 506. The molecule has 1 N–H and O–H groups in total. The Kier molecular flexibility index (Phi) is 5.47. The molecule has 4 nitrogen and oxygen atoms in total. The van der Waals surface area contributed by atoms with Gasteiger partial charge in [0, 0.05) is 50.8 Å². The number of nitrogens with zero attached hydrogens (tertiary/aromatic N) is 3. The number of piperazine rings is 1. The second kappa shape index (κ2) is 7.33. The topological polar surface area (TPSA) is 41.0 Å². The second-order valence-corrected chi connectivity index (χ2v) is 4.79. The smallest absolute Gasteiger partial charge is 0.0544 e. The number of aromatic nitrogens is 2. The molecule has 3 heterocycles. The molecule has 1 aliphatic rings. The molecule has 0 saturated carbocycles. The zero-order valence-electron chi connectivity index (χ0n) is 11.3. The van der Waals surface area contributed by atoms with E-state index in [1.807, 2.05) is 30.7 Å².